The average molecular weight is 399 g/mol. The van der Waals surface area contributed by atoms with E-state index in [-0.39, 0.29) is 22.2 Å². The van der Waals surface area contributed by atoms with Gasteiger partial charge in [0.25, 0.3) is 0 Å². The summed E-state index contributed by atoms with van der Waals surface area (Å²) in [4.78, 5) is 29.5. The molecule has 6 heteroatoms. The molecule has 1 aromatic carbocycles. The number of carbonyl (C=O) groups excluding carboxylic acids is 1. The van der Waals surface area contributed by atoms with Gasteiger partial charge in [0.05, 0.1) is 17.2 Å². The van der Waals surface area contributed by atoms with Crippen LogP contribution in [-0.2, 0) is 11.2 Å². The smallest absolute Gasteiger partial charge is 0.347 e. The van der Waals surface area contributed by atoms with Gasteiger partial charge in [-0.3, -0.25) is 4.79 Å². The second-order valence-corrected chi connectivity index (χ2v) is 9.40. The molecule has 2 fully saturated rings. The molecule has 2 aliphatic rings. The number of aromatic carboxylic acids is 1. The summed E-state index contributed by atoms with van der Waals surface area (Å²) < 4.78 is 0. The maximum absolute atomic E-state index is 13.5. The van der Waals surface area contributed by atoms with Crippen molar-refractivity contribution in [3.8, 4) is 0 Å². The van der Waals surface area contributed by atoms with Crippen LogP contribution in [0.3, 0.4) is 0 Å². The van der Waals surface area contributed by atoms with Crippen molar-refractivity contribution in [3.63, 3.8) is 0 Å². The minimum atomic E-state index is -0.964. The van der Waals surface area contributed by atoms with Crippen LogP contribution in [0.4, 0.5) is 0 Å². The van der Waals surface area contributed by atoms with Gasteiger partial charge in [-0.25, -0.2) is 9.78 Å². The van der Waals surface area contributed by atoms with Gasteiger partial charge in [-0.15, -0.1) is 11.3 Å². The summed E-state index contributed by atoms with van der Waals surface area (Å²) in [5.41, 5.74) is 1.35. The zero-order valence-corrected chi connectivity index (χ0v) is 17.1. The molecule has 5 nitrogen and oxygen atoms in total. The molecule has 4 rings (SSSR count). The number of hydrogen-bond acceptors (Lipinski definition) is 4. The van der Waals surface area contributed by atoms with Crippen LogP contribution in [0.15, 0.2) is 30.3 Å². The van der Waals surface area contributed by atoms with Crippen LogP contribution in [-0.4, -0.2) is 22.0 Å². The summed E-state index contributed by atoms with van der Waals surface area (Å²) in [6.45, 7) is 3.59. The molecule has 2 N–H and O–H groups in total. The predicted octanol–water partition coefficient (Wildman–Crippen LogP) is 4.38. The molecule has 0 saturated heterocycles. The number of nitrogens with zero attached hydrogens (tertiary/aromatic N) is 1. The Morgan fingerprint density at radius 1 is 1.32 bits per heavy atom. The fraction of sp³-hybridized carbons (Fsp3) is 0.500. The van der Waals surface area contributed by atoms with Gasteiger partial charge < -0.3 is 10.4 Å². The molecule has 2 aromatic rings. The number of thiazole rings is 1. The summed E-state index contributed by atoms with van der Waals surface area (Å²) in [5.74, 6) is 0.210. The van der Waals surface area contributed by atoms with E-state index in [1.807, 2.05) is 25.1 Å². The number of carboxylic acids is 1. The number of aromatic nitrogens is 1. The Balaban J connectivity index is 1.56. The van der Waals surface area contributed by atoms with E-state index in [2.05, 4.69) is 22.4 Å². The van der Waals surface area contributed by atoms with E-state index in [4.69, 9.17) is 0 Å². The number of aryl methyl sites for hydroxylation is 1. The van der Waals surface area contributed by atoms with Crippen molar-refractivity contribution in [2.24, 2.45) is 17.3 Å². The van der Waals surface area contributed by atoms with Gasteiger partial charge in [-0.1, -0.05) is 36.8 Å². The van der Waals surface area contributed by atoms with E-state index in [9.17, 15) is 14.7 Å². The molecule has 0 radical (unpaired) electrons. The van der Waals surface area contributed by atoms with Crippen LogP contribution in [0, 0.1) is 24.2 Å². The van der Waals surface area contributed by atoms with E-state index in [0.717, 1.165) is 37.0 Å². The summed E-state index contributed by atoms with van der Waals surface area (Å²) >= 11 is 1.15. The predicted molar refractivity (Wildman–Crippen MR) is 108 cm³/mol. The highest BCUT2D eigenvalue weighted by atomic mass is 32.1. The summed E-state index contributed by atoms with van der Waals surface area (Å²) in [7, 11) is 0. The van der Waals surface area contributed by atoms with Crippen molar-refractivity contribution in [1.82, 2.24) is 10.3 Å². The van der Waals surface area contributed by atoms with Crippen LogP contribution < -0.4 is 5.32 Å². The van der Waals surface area contributed by atoms with Gasteiger partial charge in [0.2, 0.25) is 5.91 Å². The molecule has 1 heterocycles. The molecule has 148 valence electrons. The third-order valence-corrected chi connectivity index (χ3v) is 7.84. The molecule has 2 aliphatic carbocycles. The van der Waals surface area contributed by atoms with Crippen molar-refractivity contribution >= 4 is 23.2 Å². The Morgan fingerprint density at radius 2 is 2.07 bits per heavy atom. The second-order valence-electron chi connectivity index (χ2n) is 8.37. The summed E-state index contributed by atoms with van der Waals surface area (Å²) in [5, 5.41) is 13.1. The first-order valence-corrected chi connectivity index (χ1v) is 10.8. The Kier molecular flexibility index (Phi) is 5.00. The third-order valence-electron chi connectivity index (χ3n) is 6.52. The molecule has 1 amide bonds. The van der Waals surface area contributed by atoms with Gasteiger partial charge in [0, 0.05) is 0 Å². The molecule has 0 aliphatic heterocycles. The minimum absolute atomic E-state index is 0.0979. The van der Waals surface area contributed by atoms with Gasteiger partial charge >= 0.3 is 5.97 Å². The second kappa shape index (κ2) is 7.32. The molecular weight excluding hydrogens is 372 g/mol. The normalized spacial score (nSPS) is 26.9. The highest BCUT2D eigenvalue weighted by Gasteiger charge is 2.55. The molecule has 4 atom stereocenters. The summed E-state index contributed by atoms with van der Waals surface area (Å²) in [6.07, 6.45) is 5.22. The molecule has 0 spiro atoms. The van der Waals surface area contributed by atoms with E-state index >= 15 is 0 Å². The third kappa shape index (κ3) is 3.34. The Hall–Kier alpha value is -2.21. The quantitative estimate of drug-likeness (QED) is 0.757. The first-order valence-electron chi connectivity index (χ1n) is 9.94. The molecule has 2 bridgehead atoms. The van der Waals surface area contributed by atoms with Crippen molar-refractivity contribution in [1.29, 1.82) is 0 Å². The van der Waals surface area contributed by atoms with Gasteiger partial charge in [0.1, 0.15) is 9.88 Å². The lowest BCUT2D eigenvalue weighted by Crippen LogP contribution is -2.46. The average Bonchev–Trinajstić information content (AvgIpc) is 3.37. The van der Waals surface area contributed by atoms with Crippen LogP contribution in [0.1, 0.15) is 64.6 Å². The summed E-state index contributed by atoms with van der Waals surface area (Å²) in [6, 6.07) is 9.98. The monoisotopic (exact) mass is 398 g/mol. The fourth-order valence-electron chi connectivity index (χ4n) is 5.18. The standard InChI is InChI=1S/C22H26N2O3S/c1-13-18(20(25)26)28-19(23-13)14(2)24-21(27)22(11-15-6-4-3-5-7-15)12-16-8-9-17(22)10-16/h3-7,14,16-17H,8-12H2,1-2H3,(H,24,27)(H,25,26). The SMILES string of the molecule is Cc1nc(C(C)NC(=O)C2(Cc3ccccc3)CC3CCC2C3)sc1C(=O)O. The Morgan fingerprint density at radius 3 is 2.64 bits per heavy atom. The first kappa shape index (κ1) is 19.1. The lowest BCUT2D eigenvalue weighted by molar-refractivity contribution is -0.135. The van der Waals surface area contributed by atoms with E-state index < -0.39 is 5.97 Å². The molecule has 4 unspecified atom stereocenters. The van der Waals surface area contributed by atoms with E-state index in [1.165, 1.54) is 12.0 Å². The minimum Gasteiger partial charge on any atom is -0.477 e. The van der Waals surface area contributed by atoms with Crippen molar-refractivity contribution in [2.75, 3.05) is 0 Å². The van der Waals surface area contributed by atoms with Crippen LogP contribution >= 0.6 is 11.3 Å². The number of carboxylic acid groups (broad SMARTS) is 1. The lowest BCUT2D eigenvalue weighted by atomic mass is 9.68. The molecule has 1 aromatic heterocycles. The molecule has 2 saturated carbocycles. The largest absolute Gasteiger partial charge is 0.477 e. The highest BCUT2D eigenvalue weighted by Crippen LogP contribution is 2.57. The Labute approximate surface area is 169 Å². The van der Waals surface area contributed by atoms with Crippen molar-refractivity contribution < 1.29 is 14.7 Å². The van der Waals surface area contributed by atoms with Crippen LogP contribution in [0.2, 0.25) is 0 Å². The number of fused-ring (bicyclic) bond motifs is 2. The maximum Gasteiger partial charge on any atom is 0.347 e. The zero-order chi connectivity index (χ0) is 19.9. The van der Waals surface area contributed by atoms with Crippen LogP contribution in [0.25, 0.3) is 0 Å². The van der Waals surface area contributed by atoms with E-state index in [0.29, 0.717) is 22.5 Å². The number of hydrogen-bond donors (Lipinski definition) is 2. The number of benzene rings is 1. The van der Waals surface area contributed by atoms with Gasteiger partial charge in [-0.2, -0.15) is 0 Å². The molecular formula is C22H26N2O3S. The number of rotatable bonds is 6. The van der Waals surface area contributed by atoms with Gasteiger partial charge in [-0.05, 0) is 56.9 Å². The van der Waals surface area contributed by atoms with Gasteiger partial charge in [0.15, 0.2) is 0 Å². The zero-order valence-electron chi connectivity index (χ0n) is 16.3. The highest BCUT2D eigenvalue weighted by molar-refractivity contribution is 7.13. The first-order chi connectivity index (χ1) is 13.4. The van der Waals surface area contributed by atoms with E-state index in [1.54, 1.807) is 6.92 Å². The topological polar surface area (TPSA) is 79.3 Å². The fourth-order valence-corrected chi connectivity index (χ4v) is 6.09. The number of nitrogens with one attached hydrogen (secondary N) is 1. The molecule has 28 heavy (non-hydrogen) atoms. The van der Waals surface area contributed by atoms with Crippen molar-refractivity contribution in [2.45, 2.75) is 52.0 Å². The van der Waals surface area contributed by atoms with Crippen molar-refractivity contribution in [3.05, 3.63) is 51.5 Å². The Bertz CT molecular complexity index is 894. The number of carbonyl (C=O) groups is 2. The van der Waals surface area contributed by atoms with Crippen LogP contribution in [0.5, 0.6) is 0 Å². The lowest BCUT2D eigenvalue weighted by Gasteiger charge is -2.37. The number of amides is 1. The maximum atomic E-state index is 13.5.